The molecule has 20 heavy (non-hydrogen) atoms. The van der Waals surface area contributed by atoms with Crippen LogP contribution in [-0.4, -0.2) is 11.8 Å². The topological polar surface area (TPSA) is 26.0 Å². The number of thioether (sulfide) groups is 1. The Kier molecular flexibility index (Phi) is 6.24. The smallest absolute Gasteiger partial charge is 0.0595 e. The molecule has 0 saturated heterocycles. The highest BCUT2D eigenvalue weighted by atomic mass is 79.9. The van der Waals surface area contributed by atoms with E-state index >= 15 is 0 Å². The van der Waals surface area contributed by atoms with Gasteiger partial charge < -0.3 is 5.73 Å². The van der Waals surface area contributed by atoms with E-state index in [1.54, 1.807) is 11.8 Å². The van der Waals surface area contributed by atoms with E-state index in [1.165, 1.54) is 4.90 Å². The van der Waals surface area contributed by atoms with Gasteiger partial charge in [0.1, 0.15) is 0 Å². The third kappa shape index (κ3) is 4.97. The van der Waals surface area contributed by atoms with Crippen molar-refractivity contribution in [3.05, 3.63) is 62.5 Å². The average molecular weight is 391 g/mol. The van der Waals surface area contributed by atoms with E-state index in [9.17, 15) is 0 Å². The summed E-state index contributed by atoms with van der Waals surface area (Å²) in [5, 5.41) is 1.16. The lowest BCUT2D eigenvalue weighted by Crippen LogP contribution is -2.25. The van der Waals surface area contributed by atoms with Crippen LogP contribution in [0.25, 0.3) is 0 Å². The molecule has 5 heteroatoms. The fraction of sp³-hybridized carbons (Fsp3) is 0.200. The molecule has 0 saturated carbocycles. The highest BCUT2D eigenvalue weighted by molar-refractivity contribution is 9.10. The Bertz CT molecular complexity index is 592. The van der Waals surface area contributed by atoms with Crippen LogP contribution in [0.2, 0.25) is 10.0 Å². The van der Waals surface area contributed by atoms with Gasteiger partial charge in [-0.2, -0.15) is 0 Å². The van der Waals surface area contributed by atoms with E-state index in [0.29, 0.717) is 10.0 Å². The first kappa shape index (κ1) is 16.2. The second-order valence-corrected chi connectivity index (χ2v) is 7.30. The van der Waals surface area contributed by atoms with Gasteiger partial charge in [0.25, 0.3) is 0 Å². The van der Waals surface area contributed by atoms with E-state index in [2.05, 4.69) is 28.1 Å². The lowest BCUT2D eigenvalue weighted by atomic mass is 10.1. The second-order valence-electron chi connectivity index (χ2n) is 4.48. The Morgan fingerprint density at radius 2 is 1.90 bits per heavy atom. The maximum absolute atomic E-state index is 6.17. The van der Waals surface area contributed by atoms with Gasteiger partial charge >= 0.3 is 0 Å². The standard InChI is InChI=1S/C15H14BrCl2NS/c16-11-2-1-3-13(8-11)20-9-12(19)6-10-4-5-14(17)15(18)7-10/h1-5,7-8,12H,6,9,19H2. The molecule has 0 aliphatic heterocycles. The van der Waals surface area contributed by atoms with Gasteiger partial charge in [-0.25, -0.2) is 0 Å². The molecule has 2 rings (SSSR count). The van der Waals surface area contributed by atoms with Crippen LogP contribution in [0.3, 0.4) is 0 Å². The van der Waals surface area contributed by atoms with Crippen LogP contribution in [0.4, 0.5) is 0 Å². The lowest BCUT2D eigenvalue weighted by Gasteiger charge is -2.12. The van der Waals surface area contributed by atoms with E-state index in [1.807, 2.05) is 30.3 Å². The van der Waals surface area contributed by atoms with Crippen LogP contribution in [0.15, 0.2) is 51.8 Å². The molecule has 0 bridgehead atoms. The average Bonchev–Trinajstić information content (AvgIpc) is 2.41. The Hall–Kier alpha value is -0.190. The molecule has 2 N–H and O–H groups in total. The normalized spacial score (nSPS) is 12.4. The summed E-state index contributed by atoms with van der Waals surface area (Å²) >= 11 is 17.1. The number of hydrogen-bond acceptors (Lipinski definition) is 2. The van der Waals surface area contributed by atoms with Crippen molar-refractivity contribution in [2.24, 2.45) is 5.73 Å². The molecule has 0 heterocycles. The summed E-state index contributed by atoms with van der Waals surface area (Å²) in [5.74, 6) is 0.858. The van der Waals surface area contributed by atoms with Gasteiger partial charge in [0.05, 0.1) is 10.0 Å². The van der Waals surface area contributed by atoms with Crippen molar-refractivity contribution in [3.8, 4) is 0 Å². The molecule has 1 atom stereocenters. The Labute approximate surface area is 142 Å². The van der Waals surface area contributed by atoms with E-state index in [4.69, 9.17) is 28.9 Å². The molecule has 0 spiro atoms. The Morgan fingerprint density at radius 3 is 2.60 bits per heavy atom. The quantitative estimate of drug-likeness (QED) is 0.690. The van der Waals surface area contributed by atoms with Gasteiger partial charge in [-0.05, 0) is 42.3 Å². The highest BCUT2D eigenvalue weighted by Crippen LogP contribution is 2.25. The van der Waals surface area contributed by atoms with Crippen molar-refractivity contribution < 1.29 is 0 Å². The molecule has 0 aliphatic rings. The summed E-state index contributed by atoms with van der Waals surface area (Å²) < 4.78 is 1.08. The zero-order valence-electron chi connectivity index (χ0n) is 10.7. The van der Waals surface area contributed by atoms with Crippen molar-refractivity contribution in [1.29, 1.82) is 0 Å². The van der Waals surface area contributed by atoms with Gasteiger partial charge in [0, 0.05) is 21.2 Å². The summed E-state index contributed by atoms with van der Waals surface area (Å²) in [4.78, 5) is 1.21. The summed E-state index contributed by atoms with van der Waals surface area (Å²) in [6, 6.07) is 14.0. The predicted octanol–water partition coefficient (Wildman–Crippen LogP) is 5.42. The molecule has 0 amide bonds. The Morgan fingerprint density at radius 1 is 1.10 bits per heavy atom. The number of halogens is 3. The molecule has 0 fully saturated rings. The van der Waals surface area contributed by atoms with E-state index < -0.39 is 0 Å². The van der Waals surface area contributed by atoms with Crippen molar-refractivity contribution >= 4 is 50.9 Å². The van der Waals surface area contributed by atoms with Crippen molar-refractivity contribution in [3.63, 3.8) is 0 Å². The summed E-state index contributed by atoms with van der Waals surface area (Å²) in [6.45, 7) is 0. The number of benzene rings is 2. The van der Waals surface area contributed by atoms with Crippen LogP contribution < -0.4 is 5.73 Å². The van der Waals surface area contributed by atoms with Crippen molar-refractivity contribution in [2.45, 2.75) is 17.4 Å². The lowest BCUT2D eigenvalue weighted by molar-refractivity contribution is 0.749. The zero-order valence-corrected chi connectivity index (χ0v) is 14.6. The molecule has 0 aliphatic carbocycles. The van der Waals surface area contributed by atoms with Crippen molar-refractivity contribution in [2.75, 3.05) is 5.75 Å². The number of nitrogens with two attached hydrogens (primary N) is 1. The highest BCUT2D eigenvalue weighted by Gasteiger charge is 2.07. The summed E-state index contributed by atoms with van der Waals surface area (Å²) in [6.07, 6.45) is 0.790. The number of rotatable bonds is 5. The van der Waals surface area contributed by atoms with Gasteiger partial charge in [-0.15, -0.1) is 11.8 Å². The van der Waals surface area contributed by atoms with E-state index in [-0.39, 0.29) is 6.04 Å². The van der Waals surface area contributed by atoms with Gasteiger partial charge in [0.15, 0.2) is 0 Å². The van der Waals surface area contributed by atoms with Gasteiger partial charge in [0.2, 0.25) is 0 Å². The first-order valence-electron chi connectivity index (χ1n) is 6.12. The van der Waals surface area contributed by atoms with E-state index in [0.717, 1.165) is 22.2 Å². The minimum atomic E-state index is 0.0798. The first-order valence-corrected chi connectivity index (χ1v) is 8.66. The zero-order chi connectivity index (χ0) is 14.5. The van der Waals surface area contributed by atoms with Crippen LogP contribution >= 0.6 is 50.9 Å². The van der Waals surface area contributed by atoms with Crippen LogP contribution in [0.1, 0.15) is 5.56 Å². The first-order chi connectivity index (χ1) is 9.54. The van der Waals surface area contributed by atoms with Crippen LogP contribution in [0, 0.1) is 0 Å². The minimum Gasteiger partial charge on any atom is -0.327 e. The molecule has 1 nitrogen and oxygen atoms in total. The predicted molar refractivity (Wildman–Crippen MR) is 93.0 cm³/mol. The van der Waals surface area contributed by atoms with Gasteiger partial charge in [-0.1, -0.05) is 51.3 Å². The van der Waals surface area contributed by atoms with Gasteiger partial charge in [-0.3, -0.25) is 0 Å². The molecule has 1 unspecified atom stereocenters. The molecule has 0 aromatic heterocycles. The fourth-order valence-corrected chi connectivity index (χ4v) is 3.57. The third-order valence-corrected chi connectivity index (χ3v) is 5.16. The molecule has 106 valence electrons. The maximum Gasteiger partial charge on any atom is 0.0595 e. The molecular weight excluding hydrogens is 377 g/mol. The molecule has 2 aromatic carbocycles. The third-order valence-electron chi connectivity index (χ3n) is 2.74. The Balaban J connectivity index is 1.89. The minimum absolute atomic E-state index is 0.0798. The summed E-state index contributed by atoms with van der Waals surface area (Å²) in [5.41, 5.74) is 7.28. The van der Waals surface area contributed by atoms with Crippen LogP contribution in [-0.2, 0) is 6.42 Å². The number of hydrogen-bond donors (Lipinski definition) is 1. The monoisotopic (exact) mass is 389 g/mol. The second kappa shape index (κ2) is 7.71. The SMILES string of the molecule is NC(CSc1cccc(Br)c1)Cc1ccc(Cl)c(Cl)c1. The van der Waals surface area contributed by atoms with Crippen LogP contribution in [0.5, 0.6) is 0 Å². The molecule has 2 aromatic rings. The largest absolute Gasteiger partial charge is 0.327 e. The summed E-state index contributed by atoms with van der Waals surface area (Å²) in [7, 11) is 0. The maximum atomic E-state index is 6.17. The molecular formula is C15H14BrCl2NS. The molecule has 0 radical (unpaired) electrons. The van der Waals surface area contributed by atoms with Crippen molar-refractivity contribution in [1.82, 2.24) is 0 Å². The fourth-order valence-electron chi connectivity index (χ4n) is 1.79.